The van der Waals surface area contributed by atoms with E-state index < -0.39 is 0 Å². The van der Waals surface area contributed by atoms with E-state index >= 15 is 0 Å². The van der Waals surface area contributed by atoms with Gasteiger partial charge in [-0.2, -0.15) is 0 Å². The molecule has 17 heavy (non-hydrogen) atoms. The lowest BCUT2D eigenvalue weighted by Gasteiger charge is -2.03. The van der Waals surface area contributed by atoms with Crippen LogP contribution in [-0.4, -0.2) is 16.6 Å². The summed E-state index contributed by atoms with van der Waals surface area (Å²) in [5, 5.41) is 1.40. The highest BCUT2D eigenvalue weighted by Gasteiger charge is 1.97. The second kappa shape index (κ2) is 6.26. The van der Waals surface area contributed by atoms with Crippen LogP contribution in [0.1, 0.15) is 5.56 Å². The summed E-state index contributed by atoms with van der Waals surface area (Å²) in [4.78, 5) is 0. The minimum absolute atomic E-state index is 0.872. The summed E-state index contributed by atoms with van der Waals surface area (Å²) in [5.74, 6) is 0.932. The number of methoxy groups -OCH3 is 1. The van der Waals surface area contributed by atoms with E-state index in [2.05, 4.69) is 42.5 Å². The Hall–Kier alpha value is -1.54. The van der Waals surface area contributed by atoms with Crippen LogP contribution in [0.15, 0.2) is 54.6 Å². The van der Waals surface area contributed by atoms with Crippen LogP contribution in [-0.2, 0) is 6.42 Å². The molecule has 86 valence electrons. The molecule has 2 rings (SSSR count). The van der Waals surface area contributed by atoms with Gasteiger partial charge in [0, 0.05) is 0 Å². The van der Waals surface area contributed by atoms with Crippen LogP contribution >= 0.6 is 0 Å². The van der Waals surface area contributed by atoms with Crippen molar-refractivity contribution in [1.29, 1.82) is 0 Å². The van der Waals surface area contributed by atoms with E-state index in [4.69, 9.17) is 4.74 Å². The van der Waals surface area contributed by atoms with Crippen LogP contribution in [0.4, 0.5) is 0 Å². The fourth-order valence-corrected chi connectivity index (χ4v) is 2.81. The second-order valence-corrected chi connectivity index (χ2v) is 5.32. The molecule has 0 aliphatic rings. The molecule has 0 spiro atoms. The standard InChI is InChI=1S/C15H16OSi/c1-16-14-7-9-15(10-8-14)17-12-11-13-5-3-2-4-6-13/h2-10H,11-12H2,1H3. The van der Waals surface area contributed by atoms with Gasteiger partial charge in [0.05, 0.1) is 16.6 Å². The Morgan fingerprint density at radius 2 is 1.65 bits per heavy atom. The topological polar surface area (TPSA) is 9.23 Å². The Balaban J connectivity index is 1.82. The second-order valence-electron chi connectivity index (χ2n) is 3.89. The number of ether oxygens (including phenoxy) is 1. The number of hydrogen-bond donors (Lipinski definition) is 0. The monoisotopic (exact) mass is 240 g/mol. The third kappa shape index (κ3) is 3.75. The predicted octanol–water partition coefficient (Wildman–Crippen LogP) is 2.69. The Bertz CT molecular complexity index is 436. The van der Waals surface area contributed by atoms with Gasteiger partial charge in [-0.05, 0) is 24.1 Å². The van der Waals surface area contributed by atoms with Gasteiger partial charge in [0.25, 0.3) is 0 Å². The molecule has 0 aliphatic heterocycles. The first-order valence-corrected chi connectivity index (χ1v) is 7.01. The van der Waals surface area contributed by atoms with Gasteiger partial charge in [-0.3, -0.25) is 0 Å². The van der Waals surface area contributed by atoms with E-state index in [0.717, 1.165) is 21.7 Å². The summed E-state index contributed by atoms with van der Waals surface area (Å²) in [6.07, 6.45) is 1.16. The smallest absolute Gasteiger partial charge is 0.118 e. The van der Waals surface area contributed by atoms with Gasteiger partial charge in [0.2, 0.25) is 0 Å². The van der Waals surface area contributed by atoms with Crippen molar-refractivity contribution < 1.29 is 4.74 Å². The average molecular weight is 240 g/mol. The molecule has 2 radical (unpaired) electrons. The van der Waals surface area contributed by atoms with Crippen LogP contribution in [0.2, 0.25) is 6.04 Å². The van der Waals surface area contributed by atoms with Crippen molar-refractivity contribution in [3.63, 3.8) is 0 Å². The molecule has 0 aliphatic carbocycles. The quantitative estimate of drug-likeness (QED) is 0.730. The van der Waals surface area contributed by atoms with Crippen molar-refractivity contribution in [2.24, 2.45) is 0 Å². The fourth-order valence-electron chi connectivity index (χ4n) is 1.70. The molecule has 0 saturated carbocycles. The van der Waals surface area contributed by atoms with Crippen molar-refractivity contribution >= 4 is 14.7 Å². The molecule has 0 N–H and O–H groups in total. The molecule has 1 nitrogen and oxygen atoms in total. The number of benzene rings is 2. The summed E-state index contributed by atoms with van der Waals surface area (Å²) >= 11 is 0. The summed E-state index contributed by atoms with van der Waals surface area (Å²) in [6, 6.07) is 20.3. The van der Waals surface area contributed by atoms with E-state index in [-0.39, 0.29) is 0 Å². The summed E-state index contributed by atoms with van der Waals surface area (Å²) < 4.78 is 5.15. The van der Waals surface area contributed by atoms with Crippen molar-refractivity contribution in [1.82, 2.24) is 0 Å². The zero-order valence-electron chi connectivity index (χ0n) is 10.0. The molecule has 2 heteroatoms. The fraction of sp³-hybridized carbons (Fsp3) is 0.200. The first kappa shape index (κ1) is 11.9. The van der Waals surface area contributed by atoms with Crippen LogP contribution in [0.3, 0.4) is 0 Å². The molecule has 0 saturated heterocycles. The third-order valence-corrected chi connectivity index (χ3v) is 3.92. The average Bonchev–Trinajstić information content (AvgIpc) is 2.41. The maximum absolute atomic E-state index is 5.15. The first-order chi connectivity index (χ1) is 8.38. The SMILES string of the molecule is COc1ccc([Si]CCc2ccccc2)cc1. The van der Waals surface area contributed by atoms with Gasteiger partial charge in [0.15, 0.2) is 0 Å². The molecule has 0 heterocycles. The Kier molecular flexibility index (Phi) is 4.39. The lowest BCUT2D eigenvalue weighted by atomic mass is 10.2. The molecular weight excluding hydrogens is 224 g/mol. The molecule has 0 atom stereocenters. The molecule has 2 aromatic carbocycles. The molecule has 0 fully saturated rings. The molecule has 0 aromatic heterocycles. The summed E-state index contributed by atoms with van der Waals surface area (Å²) in [6.45, 7) is 0. The Labute approximate surface area is 105 Å². The maximum Gasteiger partial charge on any atom is 0.118 e. The third-order valence-electron chi connectivity index (χ3n) is 2.68. The van der Waals surface area contributed by atoms with Gasteiger partial charge < -0.3 is 4.74 Å². The van der Waals surface area contributed by atoms with Crippen LogP contribution < -0.4 is 9.92 Å². The lowest BCUT2D eigenvalue weighted by molar-refractivity contribution is 0.415. The van der Waals surface area contributed by atoms with E-state index in [9.17, 15) is 0 Å². The Morgan fingerprint density at radius 3 is 2.29 bits per heavy atom. The van der Waals surface area contributed by atoms with E-state index in [0.29, 0.717) is 0 Å². The van der Waals surface area contributed by atoms with Gasteiger partial charge in [-0.1, -0.05) is 53.7 Å². The van der Waals surface area contributed by atoms with Crippen LogP contribution in [0.25, 0.3) is 0 Å². The van der Waals surface area contributed by atoms with Gasteiger partial charge in [-0.25, -0.2) is 0 Å². The molecule has 0 amide bonds. The molecular formula is C15H16OSi. The molecule has 0 unspecified atom stereocenters. The maximum atomic E-state index is 5.15. The minimum atomic E-state index is 0.872. The van der Waals surface area contributed by atoms with Gasteiger partial charge in [-0.15, -0.1) is 0 Å². The highest BCUT2D eigenvalue weighted by molar-refractivity contribution is 6.53. The molecule has 0 bridgehead atoms. The normalized spacial score (nSPS) is 10.2. The van der Waals surface area contributed by atoms with E-state index in [1.807, 2.05) is 12.1 Å². The van der Waals surface area contributed by atoms with Crippen molar-refractivity contribution in [2.75, 3.05) is 7.11 Å². The lowest BCUT2D eigenvalue weighted by Crippen LogP contribution is -2.13. The van der Waals surface area contributed by atoms with Crippen molar-refractivity contribution in [3.05, 3.63) is 60.2 Å². The van der Waals surface area contributed by atoms with Crippen molar-refractivity contribution in [3.8, 4) is 5.75 Å². The summed E-state index contributed by atoms with van der Waals surface area (Å²) in [5.41, 5.74) is 1.42. The number of rotatable bonds is 5. The zero-order valence-corrected chi connectivity index (χ0v) is 11.0. The van der Waals surface area contributed by atoms with Gasteiger partial charge >= 0.3 is 0 Å². The van der Waals surface area contributed by atoms with Crippen LogP contribution in [0, 0.1) is 0 Å². The minimum Gasteiger partial charge on any atom is -0.497 e. The zero-order chi connectivity index (χ0) is 11.9. The van der Waals surface area contributed by atoms with Crippen molar-refractivity contribution in [2.45, 2.75) is 12.5 Å². The summed E-state index contributed by atoms with van der Waals surface area (Å²) in [7, 11) is 2.57. The largest absolute Gasteiger partial charge is 0.497 e. The highest BCUT2D eigenvalue weighted by Crippen LogP contribution is 2.06. The molecule has 2 aromatic rings. The highest BCUT2D eigenvalue weighted by atomic mass is 28.2. The Morgan fingerprint density at radius 1 is 0.941 bits per heavy atom. The van der Waals surface area contributed by atoms with Gasteiger partial charge in [0.1, 0.15) is 5.75 Å². The predicted molar refractivity (Wildman–Crippen MR) is 73.3 cm³/mol. The van der Waals surface area contributed by atoms with Crippen LogP contribution in [0.5, 0.6) is 5.75 Å². The number of aryl methyl sites for hydroxylation is 1. The number of hydrogen-bond acceptors (Lipinski definition) is 1. The van der Waals surface area contributed by atoms with E-state index in [1.54, 1.807) is 7.11 Å². The van der Waals surface area contributed by atoms with E-state index in [1.165, 1.54) is 16.8 Å². The first-order valence-electron chi connectivity index (χ1n) is 5.80.